The first-order valence-electron chi connectivity index (χ1n) is 15.3. The lowest BCUT2D eigenvalue weighted by atomic mass is 9.80. The molecular weight excluding hydrogens is 546 g/mol. The molecule has 4 fully saturated rings. The van der Waals surface area contributed by atoms with Crippen LogP contribution < -0.4 is 15.5 Å². The smallest absolute Gasteiger partial charge is 0.262 e. The van der Waals surface area contributed by atoms with Crippen molar-refractivity contribution in [3.05, 3.63) is 59.4 Å². The third-order valence-corrected chi connectivity index (χ3v) is 9.53. The molecule has 2 saturated carbocycles. The Morgan fingerprint density at radius 1 is 0.930 bits per heavy atom. The quantitative estimate of drug-likeness (QED) is 0.388. The number of piperidine rings is 1. The average Bonchev–Trinajstić information content (AvgIpc) is 3.65. The number of rotatable bonds is 8. The number of carbonyl (C=O) groups excluding carboxylic acids is 4. The zero-order valence-electron chi connectivity index (χ0n) is 23.8. The monoisotopic (exact) mass is 579 g/mol. The van der Waals surface area contributed by atoms with E-state index in [0.717, 1.165) is 60.1 Å². The summed E-state index contributed by atoms with van der Waals surface area (Å²) in [6, 6.07) is 10.8. The average molecular weight is 580 g/mol. The second-order valence-electron chi connectivity index (χ2n) is 12.5. The number of fused-ring (bicyclic) bond motifs is 1. The molecular formula is C32H33N7O4. The van der Waals surface area contributed by atoms with Gasteiger partial charge in [-0.2, -0.15) is 5.10 Å². The van der Waals surface area contributed by atoms with Gasteiger partial charge in [0.05, 0.1) is 28.6 Å². The van der Waals surface area contributed by atoms with Crippen LogP contribution >= 0.6 is 0 Å². The number of imide groups is 2. The molecule has 2 saturated heterocycles. The first-order valence-corrected chi connectivity index (χ1v) is 15.3. The number of nitrogens with one attached hydrogen (secondary N) is 2. The van der Waals surface area contributed by atoms with E-state index in [9.17, 15) is 19.2 Å². The van der Waals surface area contributed by atoms with E-state index in [2.05, 4.69) is 44.6 Å². The maximum absolute atomic E-state index is 13.1. The van der Waals surface area contributed by atoms with Crippen molar-refractivity contribution in [3.8, 4) is 11.3 Å². The number of anilines is 2. The van der Waals surface area contributed by atoms with Gasteiger partial charge in [0, 0.05) is 49.4 Å². The van der Waals surface area contributed by atoms with Gasteiger partial charge in [0.1, 0.15) is 11.9 Å². The van der Waals surface area contributed by atoms with Crippen LogP contribution in [0.2, 0.25) is 0 Å². The highest BCUT2D eigenvalue weighted by molar-refractivity contribution is 6.23. The number of hydrogen-bond donors (Lipinski definition) is 2. The maximum atomic E-state index is 13.1. The second-order valence-corrected chi connectivity index (χ2v) is 12.5. The molecule has 0 radical (unpaired) electrons. The fourth-order valence-electron chi connectivity index (χ4n) is 6.67. The Labute approximate surface area is 248 Å². The fraction of sp³-hybridized carbons (Fsp3) is 0.438. The van der Waals surface area contributed by atoms with Crippen LogP contribution in [-0.2, 0) is 9.59 Å². The van der Waals surface area contributed by atoms with Gasteiger partial charge in [-0.15, -0.1) is 0 Å². The molecule has 0 spiro atoms. The van der Waals surface area contributed by atoms with E-state index in [1.807, 2.05) is 0 Å². The summed E-state index contributed by atoms with van der Waals surface area (Å²) in [7, 11) is 0. The highest BCUT2D eigenvalue weighted by Gasteiger charge is 2.44. The molecule has 3 aromatic rings. The molecule has 11 heteroatoms. The van der Waals surface area contributed by atoms with Crippen LogP contribution in [0.4, 0.5) is 11.5 Å². The summed E-state index contributed by atoms with van der Waals surface area (Å²) in [6.45, 7) is 2.89. The van der Waals surface area contributed by atoms with Crippen LogP contribution in [0, 0.1) is 5.92 Å². The Bertz CT molecular complexity index is 1670. The Hall–Kier alpha value is -4.54. The molecule has 2 aromatic heterocycles. The number of carbonyl (C=O) groups is 4. The van der Waals surface area contributed by atoms with E-state index >= 15 is 0 Å². The van der Waals surface area contributed by atoms with E-state index in [4.69, 9.17) is 10.1 Å². The third-order valence-electron chi connectivity index (χ3n) is 9.53. The lowest BCUT2D eigenvalue weighted by molar-refractivity contribution is -0.136. The molecule has 8 rings (SSSR count). The Balaban J connectivity index is 0.911. The summed E-state index contributed by atoms with van der Waals surface area (Å²) in [5.74, 6) is 0.0672. The van der Waals surface area contributed by atoms with Gasteiger partial charge in [-0.05, 0) is 74.8 Å². The highest BCUT2D eigenvalue weighted by Crippen LogP contribution is 2.46. The van der Waals surface area contributed by atoms with Crippen LogP contribution in [-0.4, -0.2) is 69.0 Å². The predicted molar refractivity (Wildman–Crippen MR) is 158 cm³/mol. The molecule has 220 valence electrons. The molecule has 1 atom stereocenters. The molecule has 2 aliphatic carbocycles. The standard InChI is InChI=1S/C32H33N7O4/c40-28-10-9-26(30(41)35-28)39-31(42)22-8-7-20(15-23(22)32(39)43)33-16-18-13-21(14-18)38-17-24(29(36-38)19-5-6-19)25-3-1-4-27(34-25)37-11-2-12-37/h1,3-4,7-8,15,17-19,21,26,33H,2,5-6,9-14,16H2,(H,35,40,41). The van der Waals surface area contributed by atoms with Gasteiger partial charge in [0.25, 0.3) is 11.8 Å². The Morgan fingerprint density at radius 2 is 1.74 bits per heavy atom. The molecule has 5 heterocycles. The summed E-state index contributed by atoms with van der Waals surface area (Å²) < 4.78 is 2.15. The largest absolute Gasteiger partial charge is 0.385 e. The number of aromatic nitrogens is 3. The van der Waals surface area contributed by atoms with Crippen LogP contribution in [0.5, 0.6) is 0 Å². The molecule has 0 bridgehead atoms. The molecule has 2 N–H and O–H groups in total. The van der Waals surface area contributed by atoms with Gasteiger partial charge in [-0.25, -0.2) is 4.98 Å². The minimum absolute atomic E-state index is 0.101. The molecule has 1 aromatic carbocycles. The van der Waals surface area contributed by atoms with Gasteiger partial charge in [0.2, 0.25) is 11.8 Å². The normalized spacial score (nSPS) is 24.9. The Kier molecular flexibility index (Phi) is 6.09. The molecule has 5 aliphatic rings. The summed E-state index contributed by atoms with van der Waals surface area (Å²) in [4.78, 5) is 58.3. The SMILES string of the molecule is O=C1CCC(N2C(=O)c3ccc(NCC4CC(n5cc(-c6cccc(N7CCC7)n6)c(C6CC6)n5)C4)cc3C2=O)C(=O)N1. The van der Waals surface area contributed by atoms with Gasteiger partial charge < -0.3 is 10.2 Å². The van der Waals surface area contributed by atoms with E-state index in [-0.39, 0.29) is 29.9 Å². The molecule has 11 nitrogen and oxygen atoms in total. The van der Waals surface area contributed by atoms with Crippen LogP contribution in [0.1, 0.15) is 83.3 Å². The molecule has 3 aliphatic heterocycles. The lowest BCUT2D eigenvalue weighted by Crippen LogP contribution is -2.54. The minimum Gasteiger partial charge on any atom is -0.385 e. The van der Waals surface area contributed by atoms with Crippen LogP contribution in [0.25, 0.3) is 11.3 Å². The van der Waals surface area contributed by atoms with Crippen molar-refractivity contribution in [1.29, 1.82) is 0 Å². The Morgan fingerprint density at radius 3 is 2.49 bits per heavy atom. The van der Waals surface area contributed by atoms with Crippen molar-refractivity contribution in [1.82, 2.24) is 25.0 Å². The van der Waals surface area contributed by atoms with E-state index in [1.165, 1.54) is 25.0 Å². The van der Waals surface area contributed by atoms with E-state index in [1.54, 1.807) is 18.2 Å². The van der Waals surface area contributed by atoms with Crippen molar-refractivity contribution in [2.45, 2.75) is 62.9 Å². The summed E-state index contributed by atoms with van der Waals surface area (Å²) in [5.41, 5.74) is 4.69. The maximum Gasteiger partial charge on any atom is 0.262 e. The van der Waals surface area contributed by atoms with E-state index in [0.29, 0.717) is 17.9 Å². The van der Waals surface area contributed by atoms with Crippen molar-refractivity contribution >= 4 is 35.1 Å². The van der Waals surface area contributed by atoms with Gasteiger partial charge in [0.15, 0.2) is 0 Å². The number of benzene rings is 1. The number of pyridine rings is 1. The first kappa shape index (κ1) is 26.1. The topological polar surface area (TPSA) is 130 Å². The lowest BCUT2D eigenvalue weighted by Gasteiger charge is -2.35. The highest BCUT2D eigenvalue weighted by atomic mass is 16.2. The number of amides is 4. The molecule has 4 amide bonds. The summed E-state index contributed by atoms with van der Waals surface area (Å²) in [5, 5.41) is 10.7. The van der Waals surface area contributed by atoms with Crippen molar-refractivity contribution < 1.29 is 19.2 Å². The first-order chi connectivity index (χ1) is 20.9. The van der Waals surface area contributed by atoms with Crippen molar-refractivity contribution in [3.63, 3.8) is 0 Å². The van der Waals surface area contributed by atoms with Crippen LogP contribution in [0.3, 0.4) is 0 Å². The summed E-state index contributed by atoms with van der Waals surface area (Å²) >= 11 is 0. The minimum atomic E-state index is -0.961. The van der Waals surface area contributed by atoms with E-state index < -0.39 is 23.8 Å². The van der Waals surface area contributed by atoms with Crippen LogP contribution in [0.15, 0.2) is 42.6 Å². The number of nitrogens with zero attached hydrogens (tertiary/aromatic N) is 5. The predicted octanol–water partition coefficient (Wildman–Crippen LogP) is 3.50. The third kappa shape index (κ3) is 4.58. The zero-order valence-corrected chi connectivity index (χ0v) is 23.8. The zero-order chi connectivity index (χ0) is 29.2. The fourth-order valence-corrected chi connectivity index (χ4v) is 6.67. The van der Waals surface area contributed by atoms with Gasteiger partial charge >= 0.3 is 0 Å². The summed E-state index contributed by atoms with van der Waals surface area (Å²) in [6.07, 6.45) is 8.05. The molecule has 1 unspecified atom stereocenters. The van der Waals surface area contributed by atoms with Crippen molar-refractivity contribution in [2.75, 3.05) is 29.9 Å². The number of hydrogen-bond acceptors (Lipinski definition) is 8. The second kappa shape index (κ2) is 10.0. The van der Waals surface area contributed by atoms with Gasteiger partial charge in [-0.3, -0.25) is 34.1 Å². The van der Waals surface area contributed by atoms with Crippen molar-refractivity contribution in [2.24, 2.45) is 5.92 Å². The van der Waals surface area contributed by atoms with Gasteiger partial charge in [-0.1, -0.05) is 6.07 Å². The molecule has 43 heavy (non-hydrogen) atoms.